The van der Waals surface area contributed by atoms with Crippen molar-refractivity contribution < 1.29 is 9.47 Å². The molecule has 0 N–H and O–H groups in total. The molecule has 0 amide bonds. The highest BCUT2D eigenvalue weighted by Gasteiger charge is 2.02. The Morgan fingerprint density at radius 3 is 2.44 bits per heavy atom. The second kappa shape index (κ2) is 12.7. The van der Waals surface area contributed by atoms with Gasteiger partial charge in [0.15, 0.2) is 6.29 Å². The van der Waals surface area contributed by atoms with E-state index in [1.807, 2.05) is 0 Å². The van der Waals surface area contributed by atoms with Gasteiger partial charge >= 0.3 is 0 Å². The number of nitrogens with zero attached hydrogens (tertiary/aromatic N) is 1. The molecule has 3 nitrogen and oxygen atoms in total. The van der Waals surface area contributed by atoms with Crippen molar-refractivity contribution in [2.45, 2.75) is 58.2 Å². The van der Waals surface area contributed by atoms with Gasteiger partial charge in [0.05, 0.1) is 0 Å². The van der Waals surface area contributed by atoms with Crippen LogP contribution >= 0.6 is 0 Å². The number of aliphatic imine (C=N–C) groups is 1. The van der Waals surface area contributed by atoms with E-state index in [9.17, 15) is 0 Å². The Morgan fingerprint density at radius 2 is 1.81 bits per heavy atom. The Labute approximate surface area is 100 Å². The highest BCUT2D eigenvalue weighted by atomic mass is 16.7. The number of methoxy groups -OCH3 is 2. The van der Waals surface area contributed by atoms with Crippen molar-refractivity contribution in [1.29, 1.82) is 0 Å². The third-order valence-corrected chi connectivity index (χ3v) is 2.57. The van der Waals surface area contributed by atoms with E-state index in [4.69, 9.17) is 9.47 Å². The minimum absolute atomic E-state index is 0.0697. The van der Waals surface area contributed by atoms with Crippen LogP contribution in [0, 0.1) is 0 Å². The van der Waals surface area contributed by atoms with Gasteiger partial charge in [0.2, 0.25) is 0 Å². The lowest BCUT2D eigenvalue weighted by Crippen LogP contribution is -2.12. The van der Waals surface area contributed by atoms with Crippen LogP contribution < -0.4 is 0 Å². The fourth-order valence-corrected chi connectivity index (χ4v) is 1.53. The lowest BCUT2D eigenvalue weighted by molar-refractivity contribution is -0.106. The molecule has 0 saturated heterocycles. The minimum atomic E-state index is -0.0697. The van der Waals surface area contributed by atoms with Gasteiger partial charge in [-0.3, -0.25) is 4.99 Å². The number of unbranched alkanes of at least 4 members (excludes halogenated alkanes) is 4. The monoisotopic (exact) mass is 229 g/mol. The van der Waals surface area contributed by atoms with Gasteiger partial charge in [0, 0.05) is 27.2 Å². The quantitative estimate of drug-likeness (QED) is 0.309. The minimum Gasteiger partial charge on any atom is -0.356 e. The van der Waals surface area contributed by atoms with Gasteiger partial charge in [-0.2, -0.15) is 0 Å². The van der Waals surface area contributed by atoms with Crippen LogP contribution in [0.2, 0.25) is 0 Å². The lowest BCUT2D eigenvalue weighted by atomic mass is 10.2. The summed E-state index contributed by atoms with van der Waals surface area (Å²) in [6, 6.07) is 0. The van der Waals surface area contributed by atoms with E-state index in [1.54, 1.807) is 14.2 Å². The van der Waals surface area contributed by atoms with Crippen molar-refractivity contribution >= 4 is 6.21 Å². The van der Waals surface area contributed by atoms with Crippen LogP contribution in [0.1, 0.15) is 51.9 Å². The zero-order valence-corrected chi connectivity index (χ0v) is 11.1. The molecule has 0 aromatic rings. The maximum atomic E-state index is 5.10. The molecular formula is C13H27NO2. The van der Waals surface area contributed by atoms with Gasteiger partial charge in [0.25, 0.3) is 0 Å². The topological polar surface area (TPSA) is 30.8 Å². The average Bonchev–Trinajstić information content (AvgIpc) is 2.32. The summed E-state index contributed by atoms with van der Waals surface area (Å²) in [5, 5.41) is 0. The first-order chi connectivity index (χ1) is 7.85. The zero-order valence-electron chi connectivity index (χ0n) is 11.1. The lowest BCUT2D eigenvalue weighted by Gasteiger charge is -2.11. The number of rotatable bonds is 11. The van der Waals surface area contributed by atoms with E-state index in [0.717, 1.165) is 25.8 Å². The molecular weight excluding hydrogens is 202 g/mol. The van der Waals surface area contributed by atoms with Crippen LogP contribution in [0.3, 0.4) is 0 Å². The summed E-state index contributed by atoms with van der Waals surface area (Å²) in [7, 11) is 3.34. The summed E-state index contributed by atoms with van der Waals surface area (Å²) in [5.41, 5.74) is 0. The third kappa shape index (κ3) is 10.1. The van der Waals surface area contributed by atoms with Crippen molar-refractivity contribution in [1.82, 2.24) is 0 Å². The highest BCUT2D eigenvalue weighted by Crippen LogP contribution is 2.02. The van der Waals surface area contributed by atoms with Crippen LogP contribution in [-0.2, 0) is 9.47 Å². The molecule has 0 spiro atoms. The fraction of sp³-hybridized carbons (Fsp3) is 0.923. The summed E-state index contributed by atoms with van der Waals surface area (Å²) in [6.45, 7) is 3.12. The zero-order chi connectivity index (χ0) is 12.1. The maximum Gasteiger partial charge on any atom is 0.156 e. The molecule has 0 bridgehead atoms. The van der Waals surface area contributed by atoms with E-state index in [0.29, 0.717) is 0 Å². The van der Waals surface area contributed by atoms with Crippen molar-refractivity contribution in [2.75, 3.05) is 20.8 Å². The largest absolute Gasteiger partial charge is 0.356 e. The molecule has 0 fully saturated rings. The molecule has 0 rings (SSSR count). The number of hydrogen-bond acceptors (Lipinski definition) is 3. The van der Waals surface area contributed by atoms with E-state index in [-0.39, 0.29) is 6.29 Å². The summed E-state index contributed by atoms with van der Waals surface area (Å²) < 4.78 is 10.2. The van der Waals surface area contributed by atoms with E-state index in [1.165, 1.54) is 25.7 Å². The molecule has 0 aliphatic carbocycles. The second-order valence-electron chi connectivity index (χ2n) is 3.98. The molecule has 0 aromatic carbocycles. The standard InChI is InChI=1S/C13H27NO2/c1-4-5-6-7-8-11-14-12-9-10-13(15-2)16-3/h11,13H,4-10,12H2,1-3H3. The Bertz CT molecular complexity index is 156. The van der Waals surface area contributed by atoms with Crippen LogP contribution in [0.5, 0.6) is 0 Å². The molecule has 0 aliphatic rings. The molecule has 0 radical (unpaired) electrons. The van der Waals surface area contributed by atoms with Gasteiger partial charge in [0.1, 0.15) is 0 Å². The van der Waals surface area contributed by atoms with Crippen LogP contribution in [0.4, 0.5) is 0 Å². The van der Waals surface area contributed by atoms with Crippen LogP contribution in [-0.4, -0.2) is 33.3 Å². The molecule has 0 saturated carbocycles. The van der Waals surface area contributed by atoms with Gasteiger partial charge in [-0.15, -0.1) is 0 Å². The first-order valence-electron chi connectivity index (χ1n) is 6.39. The SMILES string of the molecule is CCCCCCC=NCCCC(OC)OC. The molecule has 96 valence electrons. The van der Waals surface area contributed by atoms with Crippen LogP contribution in [0.15, 0.2) is 4.99 Å². The van der Waals surface area contributed by atoms with E-state index in [2.05, 4.69) is 18.1 Å². The highest BCUT2D eigenvalue weighted by molar-refractivity contribution is 5.56. The molecule has 0 aliphatic heterocycles. The second-order valence-corrected chi connectivity index (χ2v) is 3.98. The molecule has 0 unspecified atom stereocenters. The average molecular weight is 229 g/mol. The predicted molar refractivity (Wildman–Crippen MR) is 69.2 cm³/mol. The third-order valence-electron chi connectivity index (χ3n) is 2.57. The fourth-order valence-electron chi connectivity index (χ4n) is 1.53. The maximum absolute atomic E-state index is 5.10. The molecule has 0 aromatic heterocycles. The normalized spacial score (nSPS) is 11.8. The number of ether oxygens (including phenoxy) is 2. The van der Waals surface area contributed by atoms with Crippen LogP contribution in [0.25, 0.3) is 0 Å². The van der Waals surface area contributed by atoms with Crippen molar-refractivity contribution in [3.05, 3.63) is 0 Å². The van der Waals surface area contributed by atoms with E-state index < -0.39 is 0 Å². The molecule has 3 heteroatoms. The summed E-state index contributed by atoms with van der Waals surface area (Å²) >= 11 is 0. The van der Waals surface area contributed by atoms with Gasteiger partial charge in [-0.25, -0.2) is 0 Å². The van der Waals surface area contributed by atoms with Crippen molar-refractivity contribution in [3.8, 4) is 0 Å². The predicted octanol–water partition coefficient (Wildman–Crippen LogP) is 3.43. The molecule has 16 heavy (non-hydrogen) atoms. The smallest absolute Gasteiger partial charge is 0.156 e. The molecule has 0 heterocycles. The Hall–Kier alpha value is -0.410. The Kier molecular flexibility index (Phi) is 12.3. The summed E-state index contributed by atoms with van der Waals surface area (Å²) in [4.78, 5) is 4.37. The van der Waals surface area contributed by atoms with E-state index >= 15 is 0 Å². The first kappa shape index (κ1) is 15.6. The van der Waals surface area contributed by atoms with Gasteiger partial charge in [-0.1, -0.05) is 26.2 Å². The van der Waals surface area contributed by atoms with Crippen molar-refractivity contribution in [3.63, 3.8) is 0 Å². The van der Waals surface area contributed by atoms with Gasteiger partial charge < -0.3 is 9.47 Å². The molecule has 0 atom stereocenters. The Morgan fingerprint density at radius 1 is 1.06 bits per heavy atom. The van der Waals surface area contributed by atoms with Crippen molar-refractivity contribution in [2.24, 2.45) is 4.99 Å². The number of hydrogen-bond donors (Lipinski definition) is 0. The van der Waals surface area contributed by atoms with Gasteiger partial charge in [-0.05, 0) is 25.5 Å². The summed E-state index contributed by atoms with van der Waals surface area (Å²) in [6.07, 6.45) is 10.3. The Balaban J connectivity index is 3.20. The first-order valence-corrected chi connectivity index (χ1v) is 6.39. The summed E-state index contributed by atoms with van der Waals surface area (Å²) in [5.74, 6) is 0.